The largest absolute Gasteiger partial charge is 0.404 e. The molecule has 0 aliphatic heterocycles. The van der Waals surface area contributed by atoms with Gasteiger partial charge in [-0.1, -0.05) is 18.2 Å². The van der Waals surface area contributed by atoms with Crippen LogP contribution in [-0.2, 0) is 13.5 Å². The molecule has 0 saturated carbocycles. The van der Waals surface area contributed by atoms with Gasteiger partial charge in [0.25, 0.3) is 0 Å². The first-order valence-corrected chi connectivity index (χ1v) is 7.60. The lowest BCUT2D eigenvalue weighted by Gasteiger charge is -1.99. The van der Waals surface area contributed by atoms with Crippen LogP contribution >= 0.6 is 22.0 Å². The molecule has 0 unspecified atom stereocenters. The van der Waals surface area contributed by atoms with E-state index in [1.165, 1.54) is 11.3 Å². The number of carbonyl (C=O) groups is 1. The van der Waals surface area contributed by atoms with Gasteiger partial charge in [-0.2, -0.15) is 8.42 Å². The van der Waals surface area contributed by atoms with Gasteiger partial charge in [0.2, 0.25) is 0 Å². The van der Waals surface area contributed by atoms with Crippen molar-refractivity contribution in [2.45, 2.75) is 6.92 Å². The van der Waals surface area contributed by atoms with Crippen LogP contribution in [-0.4, -0.2) is 14.4 Å². The lowest BCUT2D eigenvalue weighted by atomic mass is 10.1. The van der Waals surface area contributed by atoms with E-state index in [0.717, 1.165) is 4.70 Å². The molecule has 4 nitrogen and oxygen atoms in total. The van der Waals surface area contributed by atoms with Crippen LogP contribution in [0.5, 0.6) is 0 Å². The smallest absolute Gasteiger partial charge is 0.329 e. The van der Waals surface area contributed by atoms with E-state index in [9.17, 15) is 13.2 Å². The molecule has 17 heavy (non-hydrogen) atoms. The molecule has 2 rings (SSSR count). The number of aryl methyl sites for hydroxylation is 1. The van der Waals surface area contributed by atoms with E-state index in [2.05, 4.69) is 4.18 Å². The number of hydrogen-bond donors (Lipinski definition) is 0. The summed E-state index contributed by atoms with van der Waals surface area (Å²) in [5.74, 6) is -0.949. The Kier molecular flexibility index (Phi) is 3.11. The average Bonchev–Trinajstić information content (AvgIpc) is 2.50. The van der Waals surface area contributed by atoms with Crippen LogP contribution in [0, 0.1) is 6.92 Å². The first kappa shape index (κ1) is 12.3. The zero-order chi connectivity index (χ0) is 12.6. The SMILES string of the molecule is Cc1sc2ccccc2c1C(=O)OS(=O)(=O)Cl. The van der Waals surface area contributed by atoms with Gasteiger partial charge in [-0.05, 0) is 13.0 Å². The van der Waals surface area contributed by atoms with Gasteiger partial charge in [-0.3, -0.25) is 0 Å². The summed E-state index contributed by atoms with van der Waals surface area (Å²) >= 11 is 1.39. The Balaban J connectivity index is 2.55. The lowest BCUT2D eigenvalue weighted by Crippen LogP contribution is -2.08. The predicted octanol–water partition coefficient (Wildman–Crippen LogP) is 2.85. The van der Waals surface area contributed by atoms with Crippen molar-refractivity contribution >= 4 is 47.4 Å². The number of benzene rings is 1. The van der Waals surface area contributed by atoms with E-state index in [1.54, 1.807) is 19.1 Å². The Morgan fingerprint density at radius 2 is 2.00 bits per heavy atom. The molecule has 1 heterocycles. The van der Waals surface area contributed by atoms with Crippen LogP contribution in [0.1, 0.15) is 15.2 Å². The number of thiophene rings is 1. The van der Waals surface area contributed by atoms with Crippen molar-refractivity contribution in [1.29, 1.82) is 0 Å². The Hall–Kier alpha value is -1.11. The lowest BCUT2D eigenvalue weighted by molar-refractivity contribution is 0.0753. The summed E-state index contributed by atoms with van der Waals surface area (Å²) < 4.78 is 26.5. The van der Waals surface area contributed by atoms with E-state index in [-0.39, 0.29) is 5.56 Å². The van der Waals surface area contributed by atoms with Gasteiger partial charge >= 0.3 is 15.3 Å². The fourth-order valence-electron chi connectivity index (χ4n) is 1.55. The van der Waals surface area contributed by atoms with Crippen LogP contribution in [0.25, 0.3) is 10.1 Å². The molecular weight excluding hydrogens is 284 g/mol. The summed E-state index contributed by atoms with van der Waals surface area (Å²) in [6.45, 7) is 1.72. The molecule has 1 aromatic heterocycles. The number of fused-ring (bicyclic) bond motifs is 1. The van der Waals surface area contributed by atoms with Crippen LogP contribution < -0.4 is 0 Å². The standard InChI is InChI=1S/C10H7ClO4S2/c1-6-9(10(12)15-17(11,13)14)7-4-2-3-5-8(7)16-6/h2-5H,1H3. The van der Waals surface area contributed by atoms with E-state index in [4.69, 9.17) is 10.7 Å². The third kappa shape index (κ3) is 2.59. The van der Waals surface area contributed by atoms with Crippen molar-refractivity contribution in [3.8, 4) is 0 Å². The number of rotatable bonds is 2. The summed E-state index contributed by atoms with van der Waals surface area (Å²) in [6.07, 6.45) is 0. The highest BCUT2D eigenvalue weighted by Crippen LogP contribution is 2.31. The zero-order valence-electron chi connectivity index (χ0n) is 8.64. The third-order valence-corrected chi connectivity index (χ3v) is 3.78. The fraction of sp³-hybridized carbons (Fsp3) is 0.100. The summed E-state index contributed by atoms with van der Waals surface area (Å²) in [5.41, 5.74) is 0.245. The highest BCUT2D eigenvalue weighted by molar-refractivity contribution is 8.10. The Labute approximate surface area is 106 Å². The third-order valence-electron chi connectivity index (χ3n) is 2.15. The second kappa shape index (κ2) is 4.29. The van der Waals surface area contributed by atoms with E-state index in [0.29, 0.717) is 10.3 Å². The van der Waals surface area contributed by atoms with Crippen LogP contribution in [0.2, 0.25) is 0 Å². The molecule has 0 aliphatic rings. The highest BCUT2D eigenvalue weighted by atomic mass is 35.7. The normalized spacial score (nSPS) is 11.6. The molecule has 1 aromatic carbocycles. The maximum atomic E-state index is 11.7. The van der Waals surface area contributed by atoms with Crippen molar-refractivity contribution < 1.29 is 17.4 Å². The van der Waals surface area contributed by atoms with Gasteiger partial charge in [-0.15, -0.1) is 11.3 Å². The summed E-state index contributed by atoms with van der Waals surface area (Å²) in [6, 6.07) is 7.18. The zero-order valence-corrected chi connectivity index (χ0v) is 11.0. The molecule has 0 saturated heterocycles. The van der Waals surface area contributed by atoms with Crippen LogP contribution in [0.15, 0.2) is 24.3 Å². The van der Waals surface area contributed by atoms with Crippen molar-refractivity contribution in [2.24, 2.45) is 0 Å². The molecule has 0 fully saturated rings. The first-order valence-electron chi connectivity index (χ1n) is 4.55. The van der Waals surface area contributed by atoms with Crippen molar-refractivity contribution in [2.75, 3.05) is 0 Å². The fourth-order valence-corrected chi connectivity index (χ4v) is 3.04. The average molecular weight is 291 g/mol. The monoisotopic (exact) mass is 290 g/mol. The minimum absolute atomic E-state index is 0.245. The van der Waals surface area contributed by atoms with E-state index in [1.807, 2.05) is 12.1 Å². The molecule has 2 aromatic rings. The summed E-state index contributed by atoms with van der Waals surface area (Å²) in [4.78, 5) is 12.4. The van der Waals surface area contributed by atoms with Gasteiger partial charge in [0.05, 0.1) is 16.2 Å². The number of hydrogen-bond acceptors (Lipinski definition) is 5. The number of halogens is 1. The quantitative estimate of drug-likeness (QED) is 0.798. The topological polar surface area (TPSA) is 60.4 Å². The summed E-state index contributed by atoms with van der Waals surface area (Å²) in [7, 11) is 0.574. The first-order chi connectivity index (χ1) is 7.88. The maximum Gasteiger partial charge on any atom is 0.404 e. The molecule has 90 valence electrons. The van der Waals surface area contributed by atoms with E-state index < -0.39 is 15.3 Å². The van der Waals surface area contributed by atoms with Crippen molar-refractivity contribution in [1.82, 2.24) is 0 Å². The van der Waals surface area contributed by atoms with Gasteiger partial charge in [0.15, 0.2) is 0 Å². The van der Waals surface area contributed by atoms with Crippen molar-refractivity contribution in [3.63, 3.8) is 0 Å². The molecule has 0 amide bonds. The highest BCUT2D eigenvalue weighted by Gasteiger charge is 2.21. The molecule has 0 atom stereocenters. The number of carbonyl (C=O) groups excluding carboxylic acids is 1. The Bertz CT molecular complexity index is 687. The second-order valence-electron chi connectivity index (χ2n) is 3.29. The molecule has 0 aliphatic carbocycles. The molecule has 0 spiro atoms. The van der Waals surface area contributed by atoms with Gasteiger partial charge in [-0.25, -0.2) is 4.79 Å². The van der Waals surface area contributed by atoms with Gasteiger partial charge in [0, 0.05) is 15.0 Å². The van der Waals surface area contributed by atoms with E-state index >= 15 is 0 Å². The molecule has 7 heteroatoms. The molecule has 0 radical (unpaired) electrons. The Morgan fingerprint density at radius 1 is 1.35 bits per heavy atom. The molecule has 0 N–H and O–H groups in total. The molecule has 0 bridgehead atoms. The predicted molar refractivity (Wildman–Crippen MR) is 66.8 cm³/mol. The summed E-state index contributed by atoms with van der Waals surface area (Å²) in [5, 5.41) is 0.667. The minimum Gasteiger partial charge on any atom is -0.329 e. The Morgan fingerprint density at radius 3 is 2.65 bits per heavy atom. The van der Waals surface area contributed by atoms with Gasteiger partial charge < -0.3 is 4.18 Å². The molecular formula is C10H7ClO4S2. The van der Waals surface area contributed by atoms with Crippen molar-refractivity contribution in [3.05, 3.63) is 34.7 Å². The minimum atomic E-state index is -4.31. The second-order valence-corrected chi connectivity index (χ2v) is 6.64. The maximum absolute atomic E-state index is 11.7. The van der Waals surface area contributed by atoms with Crippen LogP contribution in [0.4, 0.5) is 0 Å². The van der Waals surface area contributed by atoms with Gasteiger partial charge in [0.1, 0.15) is 0 Å². The van der Waals surface area contributed by atoms with Crippen LogP contribution in [0.3, 0.4) is 0 Å².